The summed E-state index contributed by atoms with van der Waals surface area (Å²) in [4.78, 5) is 0. The van der Waals surface area contributed by atoms with Crippen molar-refractivity contribution in [1.82, 2.24) is 0 Å². The van der Waals surface area contributed by atoms with Crippen molar-refractivity contribution in [2.24, 2.45) is 0 Å². The van der Waals surface area contributed by atoms with Crippen LogP contribution in [0.4, 0.5) is 0 Å². The predicted octanol–water partition coefficient (Wildman–Crippen LogP) is 6.93. The number of hydrogen-bond acceptors (Lipinski definition) is 0. The molecule has 0 aliphatic heterocycles. The zero-order chi connectivity index (χ0) is 20.3. The van der Waals surface area contributed by atoms with Gasteiger partial charge < -0.3 is 0 Å². The van der Waals surface area contributed by atoms with Crippen LogP contribution in [0, 0.1) is 0 Å². The second-order valence-electron chi connectivity index (χ2n) is 10.5. The third-order valence-electron chi connectivity index (χ3n) is 7.78. The van der Waals surface area contributed by atoms with Crippen LogP contribution in [-0.4, -0.2) is 7.43 Å². The van der Waals surface area contributed by atoms with Gasteiger partial charge in [0.15, 0.2) is 0 Å². The zero-order valence-corrected chi connectivity index (χ0v) is 24.3. The first-order valence-corrected chi connectivity index (χ1v) is 34.1. The van der Waals surface area contributed by atoms with Crippen LogP contribution < -0.4 is 0 Å². The Morgan fingerprint density at radius 2 is 1.07 bits per heavy atom. The van der Waals surface area contributed by atoms with Crippen molar-refractivity contribution in [3.8, 4) is 0 Å². The van der Waals surface area contributed by atoms with Gasteiger partial charge in [0.25, 0.3) is 0 Å². The SMILES string of the molecule is CCC1=C(C)[CH]([Hf]([CH3])([CH3])([SiH3])[CH]2C(C)=C(CC)c3ccccc32)c2ccccc21. The van der Waals surface area contributed by atoms with Gasteiger partial charge in [-0.1, -0.05) is 0 Å². The molecule has 0 fully saturated rings. The fourth-order valence-electron chi connectivity index (χ4n) is 7.05. The van der Waals surface area contributed by atoms with Gasteiger partial charge >= 0.3 is 175 Å². The molecule has 0 aromatic heterocycles. The molecule has 2 heteroatoms. The van der Waals surface area contributed by atoms with E-state index >= 15 is 0 Å². The number of fused-ring (bicyclic) bond motifs is 2. The van der Waals surface area contributed by atoms with E-state index in [0.29, 0.717) is 7.35 Å². The van der Waals surface area contributed by atoms with Crippen LogP contribution in [0.3, 0.4) is 0 Å². The molecule has 0 amide bonds. The molecule has 0 saturated heterocycles. The average Bonchev–Trinajstić information content (AvgIpc) is 3.11. The molecule has 2 aliphatic rings. The van der Waals surface area contributed by atoms with Crippen LogP contribution in [0.15, 0.2) is 59.7 Å². The molecule has 2 aromatic rings. The van der Waals surface area contributed by atoms with Gasteiger partial charge in [-0.15, -0.1) is 0 Å². The molecule has 28 heavy (non-hydrogen) atoms. The van der Waals surface area contributed by atoms with E-state index in [0.717, 1.165) is 12.8 Å². The van der Waals surface area contributed by atoms with Crippen LogP contribution in [0.25, 0.3) is 11.1 Å². The van der Waals surface area contributed by atoms with E-state index in [1.54, 1.807) is 44.5 Å². The topological polar surface area (TPSA) is 0 Å². The number of allylic oxidation sites excluding steroid dienone is 4. The minimum absolute atomic E-state index is 0.707. The maximum absolute atomic E-state index is 3.32. The average molecular weight is 554 g/mol. The molecular formula is C26H35HfSi. The number of benzene rings is 2. The summed E-state index contributed by atoms with van der Waals surface area (Å²) in [6.07, 6.45) is 2.31. The summed E-state index contributed by atoms with van der Waals surface area (Å²) in [7, 11) is 1.34. The van der Waals surface area contributed by atoms with E-state index in [2.05, 4.69) is 85.6 Å². The Balaban J connectivity index is 1.98. The molecule has 4 rings (SSSR count). The standard InChI is InChI=1S/2C12H13.2CH3.Hf.H3Si/c2*1-3-11-9(2)8-10-6-4-5-7-12(10)11;;;;/h2*4-8H,3H2,1-2H3;2*1H3;;1H3. The molecule has 0 nitrogen and oxygen atoms in total. The molecule has 2 atom stereocenters. The zero-order valence-electron chi connectivity index (χ0n) is 18.7. The Labute approximate surface area is 174 Å². The van der Waals surface area contributed by atoms with Gasteiger partial charge in [0, 0.05) is 0 Å². The number of hydrogen-bond donors (Lipinski definition) is 0. The van der Waals surface area contributed by atoms with Gasteiger partial charge in [0.1, 0.15) is 0 Å². The Morgan fingerprint density at radius 1 is 0.714 bits per heavy atom. The monoisotopic (exact) mass is 555 g/mol. The third-order valence-corrected chi connectivity index (χ3v) is 37.4. The first-order chi connectivity index (χ1) is 13.2. The molecule has 0 spiro atoms. The Bertz CT molecular complexity index is 936. The van der Waals surface area contributed by atoms with Crippen molar-refractivity contribution < 1.29 is 17.7 Å². The summed E-state index contributed by atoms with van der Waals surface area (Å²) in [5.74, 6) is 0. The van der Waals surface area contributed by atoms with E-state index in [1.807, 2.05) is 0 Å². The van der Waals surface area contributed by atoms with Crippen LogP contribution in [0.1, 0.15) is 70.1 Å². The van der Waals surface area contributed by atoms with Crippen LogP contribution >= 0.6 is 0 Å². The first-order valence-electron chi connectivity index (χ1n) is 11.0. The molecule has 0 radical (unpaired) electrons. The quantitative estimate of drug-likeness (QED) is 0.360. The molecule has 2 unspecified atom stereocenters. The maximum atomic E-state index is 2.80. The van der Waals surface area contributed by atoms with Gasteiger partial charge in [-0.2, -0.15) is 0 Å². The van der Waals surface area contributed by atoms with Crippen molar-refractivity contribution in [3.05, 3.63) is 81.9 Å². The Morgan fingerprint density at radius 3 is 1.43 bits per heavy atom. The second-order valence-corrected chi connectivity index (χ2v) is 64.9. The Kier molecular flexibility index (Phi) is 4.91. The normalized spacial score (nSPS) is 23.0. The first kappa shape index (κ1) is 20.3. The van der Waals surface area contributed by atoms with E-state index in [9.17, 15) is 0 Å². The molecule has 0 N–H and O–H groups in total. The van der Waals surface area contributed by atoms with Gasteiger partial charge in [-0.05, 0) is 0 Å². The summed E-state index contributed by atoms with van der Waals surface area (Å²) >= 11 is -3.32. The van der Waals surface area contributed by atoms with Gasteiger partial charge in [-0.3, -0.25) is 0 Å². The van der Waals surface area contributed by atoms with Crippen molar-refractivity contribution in [3.63, 3.8) is 0 Å². The fourth-order valence-corrected chi connectivity index (χ4v) is 42.6. The van der Waals surface area contributed by atoms with Crippen LogP contribution in [-0.2, 0) is 17.7 Å². The van der Waals surface area contributed by atoms with Crippen molar-refractivity contribution in [2.45, 2.75) is 57.2 Å². The summed E-state index contributed by atoms with van der Waals surface area (Å²) in [6, 6.07) is 18.7. The molecule has 0 heterocycles. The fraction of sp³-hybridized carbons (Fsp3) is 0.385. The second kappa shape index (κ2) is 6.77. The van der Waals surface area contributed by atoms with Crippen LogP contribution in [0.2, 0.25) is 9.36 Å². The van der Waals surface area contributed by atoms with Crippen LogP contribution in [0.5, 0.6) is 0 Å². The molecule has 0 saturated carbocycles. The van der Waals surface area contributed by atoms with Gasteiger partial charge in [-0.25, -0.2) is 0 Å². The minimum atomic E-state index is -3.32. The van der Waals surface area contributed by atoms with Crippen molar-refractivity contribution in [1.29, 1.82) is 0 Å². The van der Waals surface area contributed by atoms with E-state index < -0.39 is 17.7 Å². The van der Waals surface area contributed by atoms with Gasteiger partial charge in [0.05, 0.1) is 0 Å². The van der Waals surface area contributed by atoms with Gasteiger partial charge in [0.2, 0.25) is 0 Å². The summed E-state index contributed by atoms with van der Waals surface area (Å²) in [5, 5.41) is 0. The Hall–Kier alpha value is -0.993. The molecular weight excluding hydrogens is 519 g/mol. The summed E-state index contributed by atoms with van der Waals surface area (Å²) in [6.45, 7) is 9.61. The van der Waals surface area contributed by atoms with E-state index in [4.69, 9.17) is 0 Å². The third kappa shape index (κ3) is 2.70. The molecule has 0 bridgehead atoms. The molecule has 2 aliphatic carbocycles. The summed E-state index contributed by atoms with van der Waals surface area (Å²) in [5.41, 5.74) is 13.1. The summed E-state index contributed by atoms with van der Waals surface area (Å²) < 4.78 is 7.02. The van der Waals surface area contributed by atoms with Crippen molar-refractivity contribution in [2.75, 3.05) is 0 Å². The number of rotatable bonds is 4. The predicted molar refractivity (Wildman–Crippen MR) is 126 cm³/mol. The van der Waals surface area contributed by atoms with E-state index in [-0.39, 0.29) is 0 Å². The molecule has 2 aromatic carbocycles. The molecule has 147 valence electrons. The van der Waals surface area contributed by atoms with Crippen molar-refractivity contribution >= 4 is 18.6 Å². The van der Waals surface area contributed by atoms with E-state index in [1.165, 1.54) is 7.43 Å².